The number of methoxy groups -OCH3 is 1. The molecule has 1 aromatic carbocycles. The fourth-order valence-electron chi connectivity index (χ4n) is 1.21. The summed E-state index contributed by atoms with van der Waals surface area (Å²) < 4.78 is 30.6. The molecule has 0 aromatic heterocycles. The normalized spacial score (nSPS) is 11.8. The average molecular weight is 289 g/mol. The van der Waals surface area contributed by atoms with Crippen LogP contribution in [0.1, 0.15) is 6.92 Å². The monoisotopic (exact) mass is 289 g/mol. The molecule has 0 saturated carbocycles. The summed E-state index contributed by atoms with van der Waals surface area (Å²) >= 11 is 1.04. The number of halogens is 2. The average Bonchev–Trinajstić information content (AvgIpc) is 2.39. The maximum Gasteiger partial charge on any atom is 0.318 e. The number of hydrogen-bond acceptors (Lipinski definition) is 4. The van der Waals surface area contributed by atoms with Gasteiger partial charge in [-0.1, -0.05) is 0 Å². The van der Waals surface area contributed by atoms with Gasteiger partial charge in [0.25, 0.3) is 0 Å². The summed E-state index contributed by atoms with van der Waals surface area (Å²) in [6.07, 6.45) is 0. The summed E-state index contributed by atoms with van der Waals surface area (Å²) in [7, 11) is 1.25. The summed E-state index contributed by atoms with van der Waals surface area (Å²) in [6.45, 7) is 1.59. The fourth-order valence-corrected chi connectivity index (χ4v) is 1.92. The third-order valence-electron chi connectivity index (χ3n) is 2.20. The lowest BCUT2D eigenvalue weighted by atomic mass is 10.3. The van der Waals surface area contributed by atoms with Gasteiger partial charge < -0.3 is 10.1 Å². The van der Waals surface area contributed by atoms with Gasteiger partial charge in [0.2, 0.25) is 5.91 Å². The number of carbonyl (C=O) groups is 2. The molecule has 1 N–H and O–H groups in total. The number of esters is 1. The lowest BCUT2D eigenvalue weighted by molar-refractivity contribution is -0.139. The van der Waals surface area contributed by atoms with Crippen LogP contribution in [-0.4, -0.2) is 30.0 Å². The van der Waals surface area contributed by atoms with Crippen molar-refractivity contribution in [2.75, 3.05) is 18.2 Å². The van der Waals surface area contributed by atoms with Gasteiger partial charge in [0.1, 0.15) is 16.9 Å². The lowest BCUT2D eigenvalue weighted by Crippen LogP contribution is -2.20. The van der Waals surface area contributed by atoms with E-state index in [9.17, 15) is 18.4 Å². The summed E-state index contributed by atoms with van der Waals surface area (Å²) in [5, 5.41) is 1.73. The van der Waals surface area contributed by atoms with E-state index < -0.39 is 28.8 Å². The van der Waals surface area contributed by atoms with E-state index in [1.54, 1.807) is 6.92 Å². The molecule has 1 unspecified atom stereocenters. The molecule has 1 amide bonds. The van der Waals surface area contributed by atoms with Crippen molar-refractivity contribution in [3.05, 3.63) is 29.8 Å². The van der Waals surface area contributed by atoms with Gasteiger partial charge in [0, 0.05) is 6.07 Å². The molecule has 0 saturated heterocycles. The number of ether oxygens (including phenoxy) is 1. The highest BCUT2D eigenvalue weighted by molar-refractivity contribution is 8.01. The Morgan fingerprint density at radius 2 is 2.11 bits per heavy atom. The van der Waals surface area contributed by atoms with Gasteiger partial charge in [-0.05, 0) is 19.1 Å². The second kappa shape index (κ2) is 7.08. The van der Waals surface area contributed by atoms with Gasteiger partial charge >= 0.3 is 5.97 Å². The lowest BCUT2D eigenvalue weighted by Gasteiger charge is -2.09. The topological polar surface area (TPSA) is 55.4 Å². The molecule has 0 aliphatic heterocycles. The van der Waals surface area contributed by atoms with Crippen LogP contribution in [0.2, 0.25) is 0 Å². The smallest absolute Gasteiger partial charge is 0.318 e. The van der Waals surface area contributed by atoms with E-state index in [1.807, 2.05) is 0 Å². The van der Waals surface area contributed by atoms with E-state index >= 15 is 0 Å². The molecule has 0 aliphatic carbocycles. The highest BCUT2D eigenvalue weighted by Gasteiger charge is 2.16. The van der Waals surface area contributed by atoms with Crippen molar-refractivity contribution in [3.8, 4) is 0 Å². The molecule has 0 spiro atoms. The van der Waals surface area contributed by atoms with Gasteiger partial charge in [-0.3, -0.25) is 9.59 Å². The van der Waals surface area contributed by atoms with Crippen LogP contribution in [0, 0.1) is 11.6 Å². The Bertz CT molecular complexity index is 482. The van der Waals surface area contributed by atoms with Crippen molar-refractivity contribution in [1.82, 2.24) is 0 Å². The molecule has 0 bridgehead atoms. The fraction of sp³-hybridized carbons (Fsp3) is 0.333. The van der Waals surface area contributed by atoms with Crippen molar-refractivity contribution < 1.29 is 23.1 Å². The van der Waals surface area contributed by atoms with Gasteiger partial charge in [0.15, 0.2) is 0 Å². The van der Waals surface area contributed by atoms with Crippen LogP contribution >= 0.6 is 11.8 Å². The largest absolute Gasteiger partial charge is 0.468 e. The number of anilines is 1. The second-order valence-electron chi connectivity index (χ2n) is 3.65. The first kappa shape index (κ1) is 15.4. The Labute approximate surface area is 113 Å². The van der Waals surface area contributed by atoms with Crippen molar-refractivity contribution in [2.24, 2.45) is 0 Å². The zero-order valence-corrected chi connectivity index (χ0v) is 11.2. The van der Waals surface area contributed by atoms with E-state index in [0.717, 1.165) is 30.0 Å². The van der Waals surface area contributed by atoms with Crippen LogP contribution < -0.4 is 5.32 Å². The number of nitrogens with one attached hydrogen (secondary N) is 1. The number of carbonyl (C=O) groups excluding carboxylic acids is 2. The third kappa shape index (κ3) is 4.86. The highest BCUT2D eigenvalue weighted by atomic mass is 32.2. The minimum Gasteiger partial charge on any atom is -0.468 e. The third-order valence-corrected chi connectivity index (χ3v) is 3.32. The Balaban J connectivity index is 2.52. The van der Waals surface area contributed by atoms with E-state index in [4.69, 9.17) is 0 Å². The zero-order chi connectivity index (χ0) is 14.4. The molecule has 7 heteroatoms. The van der Waals surface area contributed by atoms with E-state index in [0.29, 0.717) is 0 Å². The van der Waals surface area contributed by atoms with Gasteiger partial charge in [-0.25, -0.2) is 8.78 Å². The molecule has 19 heavy (non-hydrogen) atoms. The van der Waals surface area contributed by atoms with Crippen LogP contribution in [0.15, 0.2) is 18.2 Å². The number of amides is 1. The predicted molar refractivity (Wildman–Crippen MR) is 68.9 cm³/mol. The second-order valence-corrected chi connectivity index (χ2v) is 4.98. The van der Waals surface area contributed by atoms with Gasteiger partial charge in [0.05, 0.1) is 18.6 Å². The maximum atomic E-state index is 13.2. The SMILES string of the molecule is COC(=O)C(C)SCC(=O)Nc1cc(F)ccc1F. The molecule has 0 fully saturated rings. The Morgan fingerprint density at radius 3 is 2.74 bits per heavy atom. The van der Waals surface area contributed by atoms with Crippen molar-refractivity contribution >= 4 is 29.3 Å². The molecule has 1 aromatic rings. The molecule has 0 heterocycles. The van der Waals surface area contributed by atoms with Crippen LogP contribution in [0.4, 0.5) is 14.5 Å². The maximum absolute atomic E-state index is 13.2. The van der Waals surface area contributed by atoms with Crippen molar-refractivity contribution in [3.63, 3.8) is 0 Å². The highest BCUT2D eigenvalue weighted by Crippen LogP contribution is 2.17. The molecule has 1 rings (SSSR count). The zero-order valence-electron chi connectivity index (χ0n) is 10.4. The van der Waals surface area contributed by atoms with Crippen molar-refractivity contribution in [1.29, 1.82) is 0 Å². The number of rotatable bonds is 5. The first-order chi connectivity index (χ1) is 8.93. The van der Waals surface area contributed by atoms with Crippen LogP contribution in [0.25, 0.3) is 0 Å². The molecular formula is C12H13F2NO3S. The van der Waals surface area contributed by atoms with Gasteiger partial charge in [-0.15, -0.1) is 11.8 Å². The molecule has 4 nitrogen and oxygen atoms in total. The Hall–Kier alpha value is -1.63. The molecule has 1 atom stereocenters. The van der Waals surface area contributed by atoms with Crippen LogP contribution in [-0.2, 0) is 14.3 Å². The minimum atomic E-state index is -0.722. The number of thioether (sulfide) groups is 1. The van der Waals surface area contributed by atoms with Crippen molar-refractivity contribution in [2.45, 2.75) is 12.2 Å². The quantitative estimate of drug-likeness (QED) is 0.844. The van der Waals surface area contributed by atoms with Crippen LogP contribution in [0.3, 0.4) is 0 Å². The summed E-state index contributed by atoms with van der Waals surface area (Å²) in [5.74, 6) is -2.40. The summed E-state index contributed by atoms with van der Waals surface area (Å²) in [6, 6.07) is 2.77. The Kier molecular flexibility index (Phi) is 5.75. The Morgan fingerprint density at radius 1 is 1.42 bits per heavy atom. The molecule has 0 aliphatic rings. The number of benzene rings is 1. The molecule has 0 radical (unpaired) electrons. The molecule has 104 valence electrons. The first-order valence-electron chi connectivity index (χ1n) is 5.38. The summed E-state index contributed by atoms with van der Waals surface area (Å²) in [4.78, 5) is 22.6. The standard InChI is InChI=1S/C12H13F2NO3S/c1-7(12(17)18-2)19-6-11(16)15-10-5-8(13)3-4-9(10)14/h3-5,7H,6H2,1-2H3,(H,15,16). The summed E-state index contributed by atoms with van der Waals surface area (Å²) in [5.41, 5.74) is -0.226. The van der Waals surface area contributed by atoms with E-state index in [2.05, 4.69) is 10.1 Å². The van der Waals surface area contributed by atoms with Crippen LogP contribution in [0.5, 0.6) is 0 Å². The van der Waals surface area contributed by atoms with E-state index in [-0.39, 0.29) is 11.4 Å². The molecular weight excluding hydrogens is 276 g/mol. The minimum absolute atomic E-state index is 0.0633. The number of hydrogen-bond donors (Lipinski definition) is 1. The first-order valence-corrected chi connectivity index (χ1v) is 6.43. The predicted octanol–water partition coefficient (Wildman–Crippen LogP) is 2.20. The van der Waals surface area contributed by atoms with E-state index in [1.165, 1.54) is 7.11 Å². The van der Waals surface area contributed by atoms with Gasteiger partial charge in [-0.2, -0.15) is 0 Å².